The normalized spacial score (nSPS) is 10.2. The summed E-state index contributed by atoms with van der Waals surface area (Å²) in [6.45, 7) is 5.34. The number of nitrogens with one attached hydrogen (secondary N) is 3. The van der Waals surface area contributed by atoms with Crippen molar-refractivity contribution in [3.8, 4) is 0 Å². The summed E-state index contributed by atoms with van der Waals surface area (Å²) in [7, 11) is 0. The van der Waals surface area contributed by atoms with Crippen molar-refractivity contribution in [2.45, 2.75) is 20.8 Å². The van der Waals surface area contributed by atoms with Gasteiger partial charge in [-0.3, -0.25) is 9.59 Å². The fourth-order valence-electron chi connectivity index (χ4n) is 2.69. The van der Waals surface area contributed by atoms with Crippen LogP contribution in [0, 0.1) is 13.8 Å². The molecule has 0 fully saturated rings. The zero-order valence-electron chi connectivity index (χ0n) is 15.9. The number of anilines is 4. The molecule has 2 amide bonds. The van der Waals surface area contributed by atoms with E-state index in [1.54, 1.807) is 12.1 Å². The minimum Gasteiger partial charge on any atom is -0.339 e. The number of hydrogen-bond acceptors (Lipinski definition) is 5. The van der Waals surface area contributed by atoms with Gasteiger partial charge in [-0.25, -0.2) is 9.97 Å². The van der Waals surface area contributed by atoms with Crippen LogP contribution in [0.2, 0.25) is 0 Å². The number of benzene rings is 2. The van der Waals surface area contributed by atoms with Crippen molar-refractivity contribution in [1.82, 2.24) is 9.97 Å². The van der Waals surface area contributed by atoms with E-state index in [-0.39, 0.29) is 17.5 Å². The highest BCUT2D eigenvalue weighted by atomic mass is 16.2. The Labute approximate surface area is 163 Å². The first-order valence-electron chi connectivity index (χ1n) is 8.76. The number of hydrogen-bond donors (Lipinski definition) is 3. The maximum atomic E-state index is 12.4. The maximum absolute atomic E-state index is 12.4. The summed E-state index contributed by atoms with van der Waals surface area (Å²) in [6, 6.07) is 13.0. The molecule has 0 aliphatic heterocycles. The van der Waals surface area contributed by atoms with E-state index in [0.717, 1.165) is 22.5 Å². The number of aromatic nitrogens is 2. The Balaban J connectivity index is 1.66. The molecule has 3 rings (SSSR count). The fourth-order valence-corrected chi connectivity index (χ4v) is 2.69. The van der Waals surface area contributed by atoms with Crippen LogP contribution in [-0.2, 0) is 4.79 Å². The van der Waals surface area contributed by atoms with Crippen LogP contribution in [0.5, 0.6) is 0 Å². The summed E-state index contributed by atoms with van der Waals surface area (Å²) < 4.78 is 0. The van der Waals surface area contributed by atoms with E-state index >= 15 is 0 Å². The van der Waals surface area contributed by atoms with Crippen LogP contribution in [0.25, 0.3) is 0 Å². The number of carbonyl (C=O) groups is 2. The van der Waals surface area contributed by atoms with Gasteiger partial charge in [-0.1, -0.05) is 18.2 Å². The molecule has 0 unspecified atom stereocenters. The molecule has 1 aromatic heterocycles. The Morgan fingerprint density at radius 1 is 0.821 bits per heavy atom. The molecule has 0 saturated carbocycles. The largest absolute Gasteiger partial charge is 0.339 e. The highest BCUT2D eigenvalue weighted by Crippen LogP contribution is 2.20. The third-order valence-electron chi connectivity index (χ3n) is 4.08. The average Bonchev–Trinajstić information content (AvgIpc) is 2.66. The first-order valence-corrected chi connectivity index (χ1v) is 8.76. The van der Waals surface area contributed by atoms with Crippen LogP contribution in [0.15, 0.2) is 54.9 Å². The third kappa shape index (κ3) is 4.70. The van der Waals surface area contributed by atoms with Gasteiger partial charge in [0.2, 0.25) is 5.91 Å². The van der Waals surface area contributed by atoms with Gasteiger partial charge in [0.05, 0.1) is 12.4 Å². The molecule has 0 atom stereocenters. The lowest BCUT2D eigenvalue weighted by Gasteiger charge is -2.11. The van der Waals surface area contributed by atoms with E-state index in [2.05, 4.69) is 25.9 Å². The van der Waals surface area contributed by atoms with Crippen LogP contribution in [0.3, 0.4) is 0 Å². The molecule has 0 bridgehead atoms. The zero-order chi connectivity index (χ0) is 20.1. The molecule has 3 N–H and O–H groups in total. The van der Waals surface area contributed by atoms with Crippen LogP contribution in [0.1, 0.15) is 28.5 Å². The van der Waals surface area contributed by atoms with Crippen molar-refractivity contribution in [3.63, 3.8) is 0 Å². The summed E-state index contributed by atoms with van der Waals surface area (Å²) >= 11 is 0. The Bertz CT molecular complexity index is 978. The smallest absolute Gasteiger partial charge is 0.275 e. The standard InChI is InChI=1S/C21H21N5O2/c1-13-5-4-6-14(2)20(13)26-21(28)18-11-23-19(12-22-18)25-17-9-7-16(8-10-17)24-15(3)27/h4-12H,1-3H3,(H,23,25)(H,24,27)(H,26,28). The molecule has 0 aliphatic carbocycles. The van der Waals surface area contributed by atoms with Gasteiger partial charge >= 0.3 is 0 Å². The van der Waals surface area contributed by atoms with Crippen LogP contribution in [-0.4, -0.2) is 21.8 Å². The SMILES string of the molecule is CC(=O)Nc1ccc(Nc2cnc(C(=O)Nc3c(C)cccc3C)cn2)cc1. The molecule has 7 nitrogen and oxygen atoms in total. The number of nitrogens with zero attached hydrogens (tertiary/aromatic N) is 2. The second-order valence-corrected chi connectivity index (χ2v) is 6.39. The molecule has 28 heavy (non-hydrogen) atoms. The van der Waals surface area contributed by atoms with Gasteiger partial charge in [0.15, 0.2) is 0 Å². The molecule has 1 heterocycles. The van der Waals surface area contributed by atoms with E-state index in [9.17, 15) is 9.59 Å². The average molecular weight is 375 g/mol. The predicted octanol–water partition coefficient (Wildman–Crippen LogP) is 4.05. The topological polar surface area (TPSA) is 96.0 Å². The van der Waals surface area contributed by atoms with Crippen molar-refractivity contribution in [2.75, 3.05) is 16.0 Å². The molecule has 0 aliphatic rings. The third-order valence-corrected chi connectivity index (χ3v) is 4.08. The van der Waals surface area contributed by atoms with Crippen LogP contribution >= 0.6 is 0 Å². The molecular weight excluding hydrogens is 354 g/mol. The Morgan fingerprint density at radius 2 is 1.46 bits per heavy atom. The first kappa shape index (κ1) is 19.0. The Hall–Kier alpha value is -3.74. The monoisotopic (exact) mass is 375 g/mol. The number of para-hydroxylation sites is 1. The van der Waals surface area contributed by atoms with Crippen LogP contribution < -0.4 is 16.0 Å². The molecule has 0 saturated heterocycles. The minimum absolute atomic E-state index is 0.124. The van der Waals surface area contributed by atoms with Crippen molar-refractivity contribution in [3.05, 3.63) is 71.7 Å². The highest BCUT2D eigenvalue weighted by Gasteiger charge is 2.11. The molecule has 7 heteroatoms. The second-order valence-electron chi connectivity index (χ2n) is 6.39. The minimum atomic E-state index is -0.309. The summed E-state index contributed by atoms with van der Waals surface area (Å²) in [5.41, 5.74) is 4.49. The summed E-state index contributed by atoms with van der Waals surface area (Å²) in [5, 5.41) is 8.69. The van der Waals surface area contributed by atoms with E-state index in [4.69, 9.17) is 0 Å². The molecule has 0 radical (unpaired) electrons. The second kappa shape index (κ2) is 8.30. The molecule has 142 valence electrons. The van der Waals surface area contributed by atoms with Gasteiger partial charge in [0.25, 0.3) is 5.91 Å². The van der Waals surface area contributed by atoms with E-state index in [1.165, 1.54) is 19.3 Å². The van der Waals surface area contributed by atoms with Crippen molar-refractivity contribution >= 4 is 34.7 Å². The molecule has 3 aromatic rings. The van der Waals surface area contributed by atoms with Gasteiger partial charge in [-0.15, -0.1) is 0 Å². The molecule has 2 aromatic carbocycles. The van der Waals surface area contributed by atoms with E-state index in [1.807, 2.05) is 44.2 Å². The summed E-state index contributed by atoms with van der Waals surface area (Å²) in [5.74, 6) is 0.0772. The van der Waals surface area contributed by atoms with Gasteiger partial charge in [0, 0.05) is 24.0 Å². The van der Waals surface area contributed by atoms with Gasteiger partial charge < -0.3 is 16.0 Å². The van der Waals surface area contributed by atoms with Gasteiger partial charge in [-0.05, 0) is 49.2 Å². The van der Waals surface area contributed by atoms with E-state index < -0.39 is 0 Å². The lowest BCUT2D eigenvalue weighted by Crippen LogP contribution is -2.15. The lowest BCUT2D eigenvalue weighted by atomic mass is 10.1. The summed E-state index contributed by atoms with van der Waals surface area (Å²) in [4.78, 5) is 31.9. The van der Waals surface area contributed by atoms with Crippen LogP contribution in [0.4, 0.5) is 22.9 Å². The van der Waals surface area contributed by atoms with E-state index in [0.29, 0.717) is 11.5 Å². The first-order chi connectivity index (χ1) is 13.4. The fraction of sp³-hybridized carbons (Fsp3) is 0.143. The zero-order valence-corrected chi connectivity index (χ0v) is 15.9. The maximum Gasteiger partial charge on any atom is 0.275 e. The van der Waals surface area contributed by atoms with Crippen molar-refractivity contribution in [1.29, 1.82) is 0 Å². The number of aryl methyl sites for hydroxylation is 2. The summed E-state index contributed by atoms with van der Waals surface area (Å²) in [6.07, 6.45) is 2.93. The lowest BCUT2D eigenvalue weighted by molar-refractivity contribution is -0.114. The van der Waals surface area contributed by atoms with Crippen molar-refractivity contribution in [2.24, 2.45) is 0 Å². The van der Waals surface area contributed by atoms with Crippen molar-refractivity contribution < 1.29 is 9.59 Å². The number of carbonyl (C=O) groups excluding carboxylic acids is 2. The Kier molecular flexibility index (Phi) is 5.64. The highest BCUT2D eigenvalue weighted by molar-refractivity contribution is 6.03. The number of rotatable bonds is 5. The molecule has 0 spiro atoms. The molecular formula is C21H21N5O2. The predicted molar refractivity (Wildman–Crippen MR) is 110 cm³/mol. The number of amides is 2. The quantitative estimate of drug-likeness (QED) is 0.625. The van der Waals surface area contributed by atoms with Gasteiger partial charge in [0.1, 0.15) is 11.5 Å². The van der Waals surface area contributed by atoms with Gasteiger partial charge in [-0.2, -0.15) is 0 Å². The Morgan fingerprint density at radius 3 is 2.04 bits per heavy atom.